The van der Waals surface area contributed by atoms with Gasteiger partial charge in [-0.2, -0.15) is 20.1 Å². The number of aryl methyl sites for hydroxylation is 1. The van der Waals surface area contributed by atoms with Crippen LogP contribution in [0.15, 0.2) is 76.2 Å². The fourth-order valence-electron chi connectivity index (χ4n) is 3.81. The molecule has 8 nitrogen and oxygen atoms in total. The first-order valence-electron chi connectivity index (χ1n) is 11.5. The second kappa shape index (κ2) is 10.2. The summed E-state index contributed by atoms with van der Waals surface area (Å²) >= 11 is 0. The molecule has 0 radical (unpaired) electrons. The van der Waals surface area contributed by atoms with Gasteiger partial charge in [-0.15, -0.1) is 0 Å². The number of anilines is 4. The maximum atomic E-state index is 5.91. The lowest BCUT2D eigenvalue weighted by Gasteiger charge is -2.26. The van der Waals surface area contributed by atoms with Gasteiger partial charge in [-0.25, -0.2) is 5.43 Å². The summed E-state index contributed by atoms with van der Waals surface area (Å²) in [5.74, 6) is 2.92. The first-order chi connectivity index (χ1) is 16.7. The lowest BCUT2D eigenvalue weighted by Crippen LogP contribution is -2.31. The summed E-state index contributed by atoms with van der Waals surface area (Å²) in [7, 11) is 0. The van der Waals surface area contributed by atoms with E-state index in [1.165, 1.54) is 12.0 Å². The highest BCUT2D eigenvalue weighted by Crippen LogP contribution is 2.23. The minimum Gasteiger partial charge on any atom is -0.455 e. The predicted octanol–water partition coefficient (Wildman–Crippen LogP) is 5.62. The number of furan rings is 1. The van der Waals surface area contributed by atoms with Crippen LogP contribution in [0, 0.1) is 6.92 Å². The number of hydrogen-bond donors (Lipinski definition) is 2. The molecule has 5 rings (SSSR count). The Balaban J connectivity index is 1.33. The smallest absolute Gasteiger partial charge is 0.250 e. The van der Waals surface area contributed by atoms with Gasteiger partial charge in [-0.1, -0.05) is 48.0 Å². The third-order valence-electron chi connectivity index (χ3n) is 5.61. The molecule has 34 heavy (non-hydrogen) atoms. The normalized spacial score (nSPS) is 13.9. The molecule has 8 heteroatoms. The predicted molar refractivity (Wildman–Crippen MR) is 136 cm³/mol. The Kier molecular flexibility index (Phi) is 6.47. The number of rotatable bonds is 7. The first-order valence-corrected chi connectivity index (χ1v) is 11.5. The molecule has 0 aliphatic carbocycles. The van der Waals surface area contributed by atoms with Crippen molar-refractivity contribution in [3.8, 4) is 11.3 Å². The van der Waals surface area contributed by atoms with Crippen molar-refractivity contribution in [1.29, 1.82) is 0 Å². The molecule has 1 saturated heterocycles. The van der Waals surface area contributed by atoms with Crippen LogP contribution in [-0.4, -0.2) is 34.3 Å². The third kappa shape index (κ3) is 5.40. The lowest BCUT2D eigenvalue weighted by molar-refractivity contribution is 0.568. The fourth-order valence-corrected chi connectivity index (χ4v) is 3.81. The van der Waals surface area contributed by atoms with E-state index < -0.39 is 0 Å². The maximum Gasteiger partial charge on any atom is 0.250 e. The quantitative estimate of drug-likeness (QED) is 0.277. The highest BCUT2D eigenvalue weighted by Gasteiger charge is 2.16. The Hall–Kier alpha value is -4.20. The van der Waals surface area contributed by atoms with E-state index in [4.69, 9.17) is 4.42 Å². The lowest BCUT2D eigenvalue weighted by atomic mass is 10.1. The zero-order valence-corrected chi connectivity index (χ0v) is 19.1. The van der Waals surface area contributed by atoms with Crippen molar-refractivity contribution in [3.63, 3.8) is 0 Å². The second-order valence-electron chi connectivity index (χ2n) is 8.26. The summed E-state index contributed by atoms with van der Waals surface area (Å²) in [5.41, 5.74) is 6.08. The molecule has 0 atom stereocenters. The van der Waals surface area contributed by atoms with Crippen molar-refractivity contribution in [2.75, 3.05) is 28.7 Å². The summed E-state index contributed by atoms with van der Waals surface area (Å²) in [6, 6.07) is 21.9. The highest BCUT2D eigenvalue weighted by molar-refractivity contribution is 5.78. The number of para-hydroxylation sites is 1. The molecule has 2 aromatic carbocycles. The molecule has 172 valence electrons. The topological polar surface area (TPSA) is 91.5 Å². The monoisotopic (exact) mass is 453 g/mol. The average molecular weight is 454 g/mol. The van der Waals surface area contributed by atoms with E-state index in [9.17, 15) is 0 Å². The minimum atomic E-state index is 0.371. The molecule has 0 spiro atoms. The summed E-state index contributed by atoms with van der Waals surface area (Å²) in [6.45, 7) is 3.94. The van der Waals surface area contributed by atoms with E-state index in [0.717, 1.165) is 42.9 Å². The zero-order valence-electron chi connectivity index (χ0n) is 19.1. The fraction of sp³-hybridized carbons (Fsp3) is 0.231. The second-order valence-corrected chi connectivity index (χ2v) is 8.26. The molecule has 2 aromatic heterocycles. The van der Waals surface area contributed by atoms with Crippen molar-refractivity contribution in [2.24, 2.45) is 5.10 Å². The molecule has 4 aromatic rings. The van der Waals surface area contributed by atoms with Crippen molar-refractivity contribution in [1.82, 2.24) is 15.0 Å². The van der Waals surface area contributed by atoms with Crippen LogP contribution in [0.4, 0.5) is 23.5 Å². The average Bonchev–Trinajstić information content (AvgIpc) is 3.34. The van der Waals surface area contributed by atoms with E-state index in [2.05, 4.69) is 54.8 Å². The Morgan fingerprint density at radius 3 is 2.41 bits per heavy atom. The van der Waals surface area contributed by atoms with Gasteiger partial charge in [-0.05, 0) is 50.5 Å². The van der Waals surface area contributed by atoms with Crippen molar-refractivity contribution >= 4 is 29.7 Å². The standard InChI is InChI=1S/C26H27N7O/c1-19-10-12-20(13-11-19)23-15-14-22(34-23)18-27-32-25-29-24(28-21-8-4-2-5-9-21)30-26(31-25)33-16-6-3-7-17-33/h2,4-5,8-15,18H,3,6-7,16-17H2,1H3,(H2,28,29,30,31,32)/b27-18+. The Morgan fingerprint density at radius 1 is 0.853 bits per heavy atom. The Morgan fingerprint density at radius 2 is 1.62 bits per heavy atom. The molecule has 0 unspecified atom stereocenters. The number of nitrogens with zero attached hydrogens (tertiary/aromatic N) is 5. The molecular weight excluding hydrogens is 426 g/mol. The van der Waals surface area contributed by atoms with Gasteiger partial charge in [0.15, 0.2) is 0 Å². The van der Waals surface area contributed by atoms with Crippen LogP contribution in [0.2, 0.25) is 0 Å². The minimum absolute atomic E-state index is 0.371. The molecule has 0 saturated carbocycles. The number of hydrogen-bond acceptors (Lipinski definition) is 8. The molecule has 1 aliphatic rings. The van der Waals surface area contributed by atoms with Crippen LogP contribution in [-0.2, 0) is 0 Å². The van der Waals surface area contributed by atoms with E-state index in [1.807, 2.05) is 54.6 Å². The van der Waals surface area contributed by atoms with Crippen LogP contribution in [0.1, 0.15) is 30.6 Å². The van der Waals surface area contributed by atoms with Crippen LogP contribution in [0.25, 0.3) is 11.3 Å². The molecule has 1 aliphatic heterocycles. The summed E-state index contributed by atoms with van der Waals surface area (Å²) < 4.78 is 5.91. The van der Waals surface area contributed by atoms with Gasteiger partial charge in [0.05, 0.1) is 6.21 Å². The number of benzene rings is 2. The zero-order chi connectivity index (χ0) is 23.2. The number of piperidine rings is 1. The van der Waals surface area contributed by atoms with Gasteiger partial charge >= 0.3 is 0 Å². The van der Waals surface area contributed by atoms with E-state index in [0.29, 0.717) is 23.6 Å². The summed E-state index contributed by atoms with van der Waals surface area (Å²) in [4.78, 5) is 15.9. The number of nitrogens with one attached hydrogen (secondary N) is 2. The van der Waals surface area contributed by atoms with Gasteiger partial charge < -0.3 is 14.6 Å². The van der Waals surface area contributed by atoms with E-state index >= 15 is 0 Å². The molecule has 2 N–H and O–H groups in total. The molecule has 0 bridgehead atoms. The van der Waals surface area contributed by atoms with E-state index in [-0.39, 0.29) is 0 Å². The third-order valence-corrected chi connectivity index (χ3v) is 5.61. The van der Waals surface area contributed by atoms with Gasteiger partial charge in [0, 0.05) is 24.3 Å². The number of aromatic nitrogens is 3. The van der Waals surface area contributed by atoms with Crippen LogP contribution in [0.5, 0.6) is 0 Å². The van der Waals surface area contributed by atoms with Crippen LogP contribution < -0.4 is 15.6 Å². The van der Waals surface area contributed by atoms with Crippen molar-refractivity contribution in [3.05, 3.63) is 78.1 Å². The van der Waals surface area contributed by atoms with Gasteiger partial charge in [0.25, 0.3) is 0 Å². The maximum absolute atomic E-state index is 5.91. The van der Waals surface area contributed by atoms with Crippen LogP contribution >= 0.6 is 0 Å². The van der Waals surface area contributed by atoms with Gasteiger partial charge in [-0.3, -0.25) is 0 Å². The van der Waals surface area contributed by atoms with Gasteiger partial charge in [0.2, 0.25) is 17.8 Å². The Labute approximate surface area is 198 Å². The molecule has 1 fully saturated rings. The van der Waals surface area contributed by atoms with Gasteiger partial charge in [0.1, 0.15) is 11.5 Å². The molecule has 0 amide bonds. The Bertz CT molecular complexity index is 1250. The molecular formula is C26H27N7O. The summed E-state index contributed by atoms with van der Waals surface area (Å²) in [6.07, 6.45) is 5.12. The van der Waals surface area contributed by atoms with Crippen molar-refractivity contribution < 1.29 is 4.42 Å². The summed E-state index contributed by atoms with van der Waals surface area (Å²) in [5, 5.41) is 7.56. The number of hydrazone groups is 1. The van der Waals surface area contributed by atoms with Crippen molar-refractivity contribution in [2.45, 2.75) is 26.2 Å². The van der Waals surface area contributed by atoms with Crippen LogP contribution in [0.3, 0.4) is 0 Å². The first kappa shape index (κ1) is 21.6. The van der Waals surface area contributed by atoms with E-state index in [1.54, 1.807) is 6.21 Å². The highest BCUT2D eigenvalue weighted by atomic mass is 16.3. The largest absolute Gasteiger partial charge is 0.455 e. The molecule has 3 heterocycles. The SMILES string of the molecule is Cc1ccc(-c2ccc(/C=N/Nc3nc(Nc4ccccc4)nc(N4CCCCC4)n3)o2)cc1.